The predicted molar refractivity (Wildman–Crippen MR) is 91.7 cm³/mol. The second-order valence-corrected chi connectivity index (χ2v) is 6.16. The molecule has 24 heavy (non-hydrogen) atoms. The van der Waals surface area contributed by atoms with Crippen LogP contribution in [0.5, 0.6) is 0 Å². The van der Waals surface area contributed by atoms with Crippen molar-refractivity contribution >= 4 is 22.2 Å². The molecule has 3 aromatic rings. The topological polar surface area (TPSA) is 55.6 Å². The molecule has 0 spiro atoms. The zero-order chi connectivity index (χ0) is 16.9. The Hall–Kier alpha value is -2.25. The molecule has 3 rings (SSSR count). The number of aryl methyl sites for hydroxylation is 1. The zero-order valence-electron chi connectivity index (χ0n) is 13.3. The molecule has 126 valence electrons. The summed E-state index contributed by atoms with van der Waals surface area (Å²) in [5, 5.41) is 4.78. The predicted octanol–water partition coefficient (Wildman–Crippen LogP) is 2.90. The number of carbonyl (C=O) groups excluding carboxylic acids is 1. The summed E-state index contributed by atoms with van der Waals surface area (Å²) in [5.74, 6) is -0.303. The molecule has 1 aromatic carbocycles. The minimum absolute atomic E-state index is 0.0131. The Bertz CT molecular complexity index is 843. The molecule has 0 aliphatic rings. The molecule has 0 bridgehead atoms. The van der Waals surface area contributed by atoms with Crippen LogP contribution in [-0.4, -0.2) is 35.6 Å². The van der Waals surface area contributed by atoms with E-state index in [0.29, 0.717) is 37.3 Å². The van der Waals surface area contributed by atoms with Gasteiger partial charge in [0.05, 0.1) is 12.3 Å². The van der Waals surface area contributed by atoms with Crippen LogP contribution >= 0.6 is 11.3 Å². The normalized spacial score (nSPS) is 11.1. The third-order valence-corrected chi connectivity index (χ3v) is 4.56. The van der Waals surface area contributed by atoms with Crippen molar-refractivity contribution < 1.29 is 13.9 Å². The largest absolute Gasteiger partial charge is 0.383 e. The number of amides is 1. The van der Waals surface area contributed by atoms with Gasteiger partial charge in [0, 0.05) is 42.9 Å². The van der Waals surface area contributed by atoms with E-state index in [1.54, 1.807) is 25.3 Å². The van der Waals surface area contributed by atoms with Crippen molar-refractivity contribution in [2.24, 2.45) is 0 Å². The Kier molecular flexibility index (Phi) is 5.22. The van der Waals surface area contributed by atoms with E-state index in [9.17, 15) is 9.18 Å². The minimum Gasteiger partial charge on any atom is -0.383 e. The lowest BCUT2D eigenvalue weighted by molar-refractivity contribution is -0.121. The lowest BCUT2D eigenvalue weighted by Gasteiger charge is -2.04. The molecule has 2 aromatic heterocycles. The minimum atomic E-state index is -0.290. The van der Waals surface area contributed by atoms with Crippen LogP contribution in [0.25, 0.3) is 16.2 Å². The molecular weight excluding hydrogens is 329 g/mol. The third kappa shape index (κ3) is 3.63. The van der Waals surface area contributed by atoms with Gasteiger partial charge in [-0.15, -0.1) is 11.3 Å². The number of nitrogens with one attached hydrogen (secondary N) is 1. The quantitative estimate of drug-likeness (QED) is 0.669. The van der Waals surface area contributed by atoms with Crippen molar-refractivity contribution in [2.45, 2.75) is 12.8 Å². The number of aromatic nitrogens is 2. The Morgan fingerprint density at radius 2 is 2.25 bits per heavy atom. The number of halogens is 1. The molecule has 0 radical (unpaired) electrons. The van der Waals surface area contributed by atoms with Gasteiger partial charge < -0.3 is 10.1 Å². The van der Waals surface area contributed by atoms with Crippen LogP contribution in [0.3, 0.4) is 0 Å². The van der Waals surface area contributed by atoms with Gasteiger partial charge in [-0.05, 0) is 18.6 Å². The van der Waals surface area contributed by atoms with E-state index >= 15 is 0 Å². The molecule has 0 aliphatic heterocycles. The Morgan fingerprint density at radius 1 is 1.42 bits per heavy atom. The van der Waals surface area contributed by atoms with Gasteiger partial charge >= 0.3 is 0 Å². The fraction of sp³-hybridized carbons (Fsp3) is 0.294. The standard InChI is InChI=1S/C17H18FN3O2S/c1-23-9-8-19-16(22)7-6-12-11-24-17-20-15(10-21(12)17)13-4-2-3-5-14(13)18/h2-5,10-11H,6-9H2,1H3,(H,19,22). The monoisotopic (exact) mass is 347 g/mol. The third-order valence-electron chi connectivity index (χ3n) is 3.67. The van der Waals surface area contributed by atoms with E-state index in [1.807, 2.05) is 16.0 Å². The van der Waals surface area contributed by atoms with Gasteiger partial charge in [-0.25, -0.2) is 9.37 Å². The maximum atomic E-state index is 13.9. The first kappa shape index (κ1) is 16.6. The first-order valence-corrected chi connectivity index (χ1v) is 8.53. The molecular formula is C17H18FN3O2S. The molecule has 0 aliphatic carbocycles. The number of ether oxygens (including phenoxy) is 1. The first-order valence-electron chi connectivity index (χ1n) is 7.65. The van der Waals surface area contributed by atoms with Gasteiger partial charge in [-0.1, -0.05) is 12.1 Å². The van der Waals surface area contributed by atoms with Crippen molar-refractivity contribution in [3.63, 3.8) is 0 Å². The fourth-order valence-electron chi connectivity index (χ4n) is 2.43. The highest BCUT2D eigenvalue weighted by Crippen LogP contribution is 2.25. The molecule has 0 saturated heterocycles. The molecule has 2 heterocycles. The summed E-state index contributed by atoms with van der Waals surface area (Å²) < 4.78 is 20.7. The molecule has 0 atom stereocenters. The van der Waals surface area contributed by atoms with E-state index in [0.717, 1.165) is 10.7 Å². The number of rotatable bonds is 7. The number of benzene rings is 1. The second kappa shape index (κ2) is 7.55. The van der Waals surface area contributed by atoms with Crippen LogP contribution < -0.4 is 5.32 Å². The van der Waals surface area contributed by atoms with Crippen molar-refractivity contribution in [3.05, 3.63) is 47.4 Å². The lowest BCUT2D eigenvalue weighted by Crippen LogP contribution is -2.27. The van der Waals surface area contributed by atoms with Crippen molar-refractivity contribution in [1.82, 2.24) is 14.7 Å². The maximum Gasteiger partial charge on any atom is 0.220 e. The van der Waals surface area contributed by atoms with E-state index in [1.165, 1.54) is 17.4 Å². The second-order valence-electron chi connectivity index (χ2n) is 5.33. The molecule has 5 nitrogen and oxygen atoms in total. The molecule has 1 amide bonds. The van der Waals surface area contributed by atoms with Crippen LogP contribution in [-0.2, 0) is 16.0 Å². The number of fused-ring (bicyclic) bond motifs is 1. The summed E-state index contributed by atoms with van der Waals surface area (Å²) in [7, 11) is 1.60. The van der Waals surface area contributed by atoms with E-state index in [-0.39, 0.29) is 11.7 Å². The number of hydrogen-bond acceptors (Lipinski definition) is 4. The Labute approximate surface area is 143 Å². The van der Waals surface area contributed by atoms with Crippen LogP contribution in [0.15, 0.2) is 35.8 Å². The summed E-state index contributed by atoms with van der Waals surface area (Å²) in [6.45, 7) is 1.01. The van der Waals surface area contributed by atoms with Crippen molar-refractivity contribution in [2.75, 3.05) is 20.3 Å². The van der Waals surface area contributed by atoms with E-state index in [4.69, 9.17) is 4.74 Å². The molecule has 0 saturated carbocycles. The number of nitrogens with zero attached hydrogens (tertiary/aromatic N) is 2. The fourth-order valence-corrected chi connectivity index (χ4v) is 3.34. The summed E-state index contributed by atoms with van der Waals surface area (Å²) in [4.78, 5) is 17.1. The van der Waals surface area contributed by atoms with Crippen molar-refractivity contribution in [1.29, 1.82) is 0 Å². The highest BCUT2D eigenvalue weighted by molar-refractivity contribution is 7.15. The van der Waals surface area contributed by atoms with Gasteiger partial charge in [-0.3, -0.25) is 9.20 Å². The number of imidazole rings is 1. The van der Waals surface area contributed by atoms with Crippen LogP contribution in [0.2, 0.25) is 0 Å². The van der Waals surface area contributed by atoms with Gasteiger partial charge in [0.25, 0.3) is 0 Å². The number of thiazole rings is 1. The molecule has 0 fully saturated rings. The zero-order valence-corrected chi connectivity index (χ0v) is 14.1. The van der Waals surface area contributed by atoms with Gasteiger partial charge in [-0.2, -0.15) is 0 Å². The van der Waals surface area contributed by atoms with Crippen molar-refractivity contribution in [3.8, 4) is 11.3 Å². The van der Waals surface area contributed by atoms with E-state index < -0.39 is 0 Å². The summed E-state index contributed by atoms with van der Waals surface area (Å²) >= 11 is 1.49. The van der Waals surface area contributed by atoms with Gasteiger partial charge in [0.15, 0.2) is 4.96 Å². The SMILES string of the molecule is COCCNC(=O)CCc1csc2nc(-c3ccccc3F)cn12. The maximum absolute atomic E-state index is 13.9. The Morgan fingerprint density at radius 3 is 3.04 bits per heavy atom. The van der Waals surface area contributed by atoms with E-state index in [2.05, 4.69) is 10.3 Å². The van der Waals surface area contributed by atoms with Crippen LogP contribution in [0.1, 0.15) is 12.1 Å². The summed E-state index contributed by atoms with van der Waals surface area (Å²) in [5.41, 5.74) is 2.08. The average molecular weight is 347 g/mol. The smallest absolute Gasteiger partial charge is 0.220 e. The Balaban J connectivity index is 1.72. The number of hydrogen-bond donors (Lipinski definition) is 1. The average Bonchev–Trinajstić information content (AvgIpc) is 3.14. The van der Waals surface area contributed by atoms with Gasteiger partial charge in [0.2, 0.25) is 5.91 Å². The highest BCUT2D eigenvalue weighted by Gasteiger charge is 2.13. The lowest BCUT2D eigenvalue weighted by atomic mass is 10.1. The number of carbonyl (C=O) groups is 1. The number of methoxy groups -OCH3 is 1. The molecule has 7 heteroatoms. The summed E-state index contributed by atoms with van der Waals surface area (Å²) in [6.07, 6.45) is 2.82. The molecule has 1 N–H and O–H groups in total. The van der Waals surface area contributed by atoms with Gasteiger partial charge in [0.1, 0.15) is 5.82 Å². The highest BCUT2D eigenvalue weighted by atomic mass is 32.1. The van der Waals surface area contributed by atoms with Crippen LogP contribution in [0, 0.1) is 5.82 Å². The molecule has 0 unspecified atom stereocenters. The van der Waals surface area contributed by atoms with Crippen LogP contribution in [0.4, 0.5) is 4.39 Å². The first-order chi connectivity index (χ1) is 11.7. The summed E-state index contributed by atoms with van der Waals surface area (Å²) in [6, 6.07) is 6.58.